The van der Waals surface area contributed by atoms with Crippen molar-refractivity contribution >= 4 is 52.3 Å². The third kappa shape index (κ3) is 4.21. The summed E-state index contributed by atoms with van der Waals surface area (Å²) in [6.07, 6.45) is -1.42. The highest BCUT2D eigenvalue weighted by atomic mass is 35.5. The molecule has 4 unspecified atom stereocenters. The van der Waals surface area contributed by atoms with Gasteiger partial charge in [0.1, 0.15) is 0 Å². The molecule has 2 saturated heterocycles. The summed E-state index contributed by atoms with van der Waals surface area (Å²) in [5.41, 5.74) is 1.12. The van der Waals surface area contributed by atoms with Crippen LogP contribution in [0.15, 0.2) is 48.5 Å². The van der Waals surface area contributed by atoms with Gasteiger partial charge in [0.2, 0.25) is 17.7 Å². The van der Waals surface area contributed by atoms with Crippen LogP contribution in [0.2, 0.25) is 10.0 Å². The molecule has 156 valence electrons. The fourth-order valence-corrected chi connectivity index (χ4v) is 4.03. The first-order valence-corrected chi connectivity index (χ1v) is 10.1. The smallest absolute Gasteiger partial charge is 0.229 e. The Kier molecular flexibility index (Phi) is 5.80. The lowest BCUT2D eigenvalue weighted by Gasteiger charge is -2.43. The molecule has 0 saturated carbocycles. The summed E-state index contributed by atoms with van der Waals surface area (Å²) >= 11 is 12.1. The van der Waals surface area contributed by atoms with Crippen molar-refractivity contribution in [2.24, 2.45) is 11.8 Å². The molecule has 2 fully saturated rings. The van der Waals surface area contributed by atoms with Crippen LogP contribution in [-0.2, 0) is 14.4 Å². The van der Waals surface area contributed by atoms with Gasteiger partial charge in [0, 0.05) is 12.1 Å². The number of nitrogens with one attached hydrogen (secondary N) is 5. The molecule has 2 aromatic rings. The molecule has 2 aliphatic rings. The first-order chi connectivity index (χ1) is 14.4. The Bertz CT molecular complexity index is 988. The topological polar surface area (TPSA) is 111 Å². The molecule has 8 nitrogen and oxygen atoms in total. The molecule has 4 rings (SSSR count). The molecule has 4 atom stereocenters. The number of fused-ring (bicyclic) bond motifs is 1. The van der Waals surface area contributed by atoms with E-state index in [4.69, 9.17) is 23.2 Å². The second-order valence-electron chi connectivity index (χ2n) is 7.09. The van der Waals surface area contributed by atoms with Gasteiger partial charge in [0.05, 0.1) is 33.7 Å². The van der Waals surface area contributed by atoms with E-state index in [1.165, 1.54) is 0 Å². The maximum Gasteiger partial charge on any atom is 0.229 e. The number of carbonyl (C=O) groups is 3. The lowest BCUT2D eigenvalue weighted by atomic mass is 9.81. The third-order valence-corrected chi connectivity index (χ3v) is 5.90. The number of para-hydroxylation sites is 1. The van der Waals surface area contributed by atoms with E-state index < -0.39 is 30.2 Å². The zero-order valence-corrected chi connectivity index (χ0v) is 17.1. The first kappa shape index (κ1) is 20.5. The number of hydrogen-bond donors (Lipinski definition) is 5. The first-order valence-electron chi connectivity index (χ1n) is 9.34. The zero-order valence-electron chi connectivity index (χ0n) is 15.6. The van der Waals surface area contributed by atoms with Crippen molar-refractivity contribution in [2.75, 3.05) is 10.6 Å². The van der Waals surface area contributed by atoms with Gasteiger partial charge in [-0.05, 0) is 24.3 Å². The number of anilines is 2. The minimum absolute atomic E-state index is 0.114. The molecule has 10 heteroatoms. The third-order valence-electron chi connectivity index (χ3n) is 5.08. The predicted molar refractivity (Wildman–Crippen MR) is 114 cm³/mol. The minimum atomic E-state index is -0.871. The van der Waals surface area contributed by atoms with Gasteiger partial charge in [-0.3, -0.25) is 19.7 Å². The zero-order chi connectivity index (χ0) is 21.3. The van der Waals surface area contributed by atoms with Crippen LogP contribution >= 0.6 is 23.2 Å². The predicted octanol–water partition coefficient (Wildman–Crippen LogP) is 2.13. The Labute approximate surface area is 182 Å². The summed E-state index contributed by atoms with van der Waals surface area (Å²) < 4.78 is 0. The van der Waals surface area contributed by atoms with E-state index >= 15 is 0 Å². The Morgan fingerprint density at radius 1 is 1.00 bits per heavy atom. The summed E-state index contributed by atoms with van der Waals surface area (Å²) in [5.74, 6) is -2.80. The van der Waals surface area contributed by atoms with E-state index in [1.807, 2.05) is 30.3 Å². The van der Waals surface area contributed by atoms with Crippen LogP contribution in [-0.4, -0.2) is 30.2 Å². The van der Waals surface area contributed by atoms with Crippen molar-refractivity contribution in [1.29, 1.82) is 0 Å². The quantitative estimate of drug-likeness (QED) is 0.492. The molecular weight excluding hydrogens is 429 g/mol. The van der Waals surface area contributed by atoms with E-state index in [2.05, 4.69) is 26.6 Å². The van der Waals surface area contributed by atoms with Gasteiger partial charge in [0.25, 0.3) is 0 Å². The summed E-state index contributed by atoms with van der Waals surface area (Å²) in [4.78, 5) is 38.0. The Morgan fingerprint density at radius 3 is 2.53 bits per heavy atom. The van der Waals surface area contributed by atoms with Gasteiger partial charge < -0.3 is 21.3 Å². The Morgan fingerprint density at radius 2 is 1.77 bits per heavy atom. The van der Waals surface area contributed by atoms with Crippen LogP contribution in [0, 0.1) is 11.8 Å². The van der Waals surface area contributed by atoms with E-state index in [0.29, 0.717) is 10.7 Å². The van der Waals surface area contributed by atoms with Gasteiger partial charge in [-0.1, -0.05) is 47.5 Å². The van der Waals surface area contributed by atoms with Crippen molar-refractivity contribution in [3.05, 3.63) is 58.6 Å². The standard InChI is InChI=1S/C20H19Cl2N5O3/c21-12-7-4-8-13(16(12)22)24-18(29)11-9-14(28)25-17-15(11)19(30)27-20(26-17)23-10-5-2-1-3-6-10/h1-8,11,15,17,20,23,26H,9H2,(H,24,29)(H,25,28)(H,27,30). The fourth-order valence-electron chi connectivity index (χ4n) is 3.68. The summed E-state index contributed by atoms with van der Waals surface area (Å²) in [5, 5.41) is 15.0. The average molecular weight is 448 g/mol. The van der Waals surface area contributed by atoms with E-state index in [9.17, 15) is 14.4 Å². The molecule has 2 heterocycles. The van der Waals surface area contributed by atoms with E-state index in [0.717, 1.165) is 5.69 Å². The Balaban J connectivity index is 1.50. The Hall–Kier alpha value is -2.81. The molecule has 3 amide bonds. The SMILES string of the molecule is O=C1CC(C(=O)Nc2cccc(Cl)c2Cl)C2C(=O)NC(Nc3ccccc3)NC2N1. The van der Waals surface area contributed by atoms with Crippen molar-refractivity contribution in [2.45, 2.75) is 18.9 Å². The van der Waals surface area contributed by atoms with Gasteiger partial charge >= 0.3 is 0 Å². The largest absolute Gasteiger partial charge is 0.353 e. The maximum atomic E-state index is 12.9. The van der Waals surface area contributed by atoms with Gasteiger partial charge in [-0.15, -0.1) is 0 Å². The van der Waals surface area contributed by atoms with Crippen LogP contribution in [0.4, 0.5) is 11.4 Å². The van der Waals surface area contributed by atoms with Crippen LogP contribution < -0.4 is 26.6 Å². The van der Waals surface area contributed by atoms with Gasteiger partial charge in [-0.25, -0.2) is 0 Å². The molecule has 2 aliphatic heterocycles. The summed E-state index contributed by atoms with van der Waals surface area (Å²) in [6.45, 7) is 0. The molecule has 0 spiro atoms. The summed E-state index contributed by atoms with van der Waals surface area (Å²) in [6, 6.07) is 14.2. The van der Waals surface area contributed by atoms with E-state index in [-0.39, 0.29) is 23.3 Å². The fraction of sp³-hybridized carbons (Fsp3) is 0.250. The minimum Gasteiger partial charge on any atom is -0.353 e. The van der Waals surface area contributed by atoms with Crippen molar-refractivity contribution in [3.8, 4) is 0 Å². The van der Waals surface area contributed by atoms with Crippen molar-refractivity contribution in [3.63, 3.8) is 0 Å². The average Bonchev–Trinajstić information content (AvgIpc) is 2.71. The van der Waals surface area contributed by atoms with Crippen molar-refractivity contribution in [1.82, 2.24) is 16.0 Å². The number of carbonyl (C=O) groups excluding carboxylic acids is 3. The highest BCUT2D eigenvalue weighted by molar-refractivity contribution is 6.44. The molecule has 2 aromatic carbocycles. The number of benzene rings is 2. The number of halogens is 2. The lowest BCUT2D eigenvalue weighted by molar-refractivity contribution is -0.144. The molecular formula is C20H19Cl2N5O3. The molecule has 0 aromatic heterocycles. The van der Waals surface area contributed by atoms with Crippen LogP contribution in [0.1, 0.15) is 6.42 Å². The molecule has 0 bridgehead atoms. The van der Waals surface area contributed by atoms with Crippen LogP contribution in [0.5, 0.6) is 0 Å². The number of hydrogen-bond acceptors (Lipinski definition) is 5. The molecule has 0 radical (unpaired) electrons. The maximum absolute atomic E-state index is 12.9. The second-order valence-corrected chi connectivity index (χ2v) is 7.88. The summed E-state index contributed by atoms with van der Waals surface area (Å²) in [7, 11) is 0. The van der Waals surface area contributed by atoms with Crippen LogP contribution in [0.25, 0.3) is 0 Å². The number of piperidine rings is 1. The number of rotatable bonds is 4. The molecule has 5 N–H and O–H groups in total. The highest BCUT2D eigenvalue weighted by Gasteiger charge is 2.48. The highest BCUT2D eigenvalue weighted by Crippen LogP contribution is 2.32. The monoisotopic (exact) mass is 447 g/mol. The molecule has 0 aliphatic carbocycles. The van der Waals surface area contributed by atoms with Gasteiger partial charge in [0.15, 0.2) is 6.29 Å². The number of amides is 3. The van der Waals surface area contributed by atoms with Crippen LogP contribution in [0.3, 0.4) is 0 Å². The second kappa shape index (κ2) is 8.51. The van der Waals surface area contributed by atoms with Gasteiger partial charge in [-0.2, -0.15) is 0 Å². The normalized spacial score (nSPS) is 25.5. The molecule has 30 heavy (non-hydrogen) atoms. The lowest BCUT2D eigenvalue weighted by Crippen LogP contribution is -2.72. The van der Waals surface area contributed by atoms with E-state index in [1.54, 1.807) is 18.2 Å². The van der Waals surface area contributed by atoms with Crippen molar-refractivity contribution < 1.29 is 14.4 Å².